The summed E-state index contributed by atoms with van der Waals surface area (Å²) in [5.74, 6) is 0.830. The van der Waals surface area contributed by atoms with Crippen molar-refractivity contribution in [2.75, 3.05) is 40.0 Å². The van der Waals surface area contributed by atoms with E-state index in [4.69, 9.17) is 9.47 Å². The fourth-order valence-electron chi connectivity index (χ4n) is 4.53. The van der Waals surface area contributed by atoms with Crippen LogP contribution in [0.15, 0.2) is 48.5 Å². The minimum absolute atomic E-state index is 0.317. The highest BCUT2D eigenvalue weighted by Crippen LogP contribution is 2.20. The summed E-state index contributed by atoms with van der Waals surface area (Å²) in [5, 5.41) is 10.5. The average molecular weight is 411 g/mol. The zero-order chi connectivity index (χ0) is 20.8. The van der Waals surface area contributed by atoms with Gasteiger partial charge in [-0.15, -0.1) is 0 Å². The van der Waals surface area contributed by atoms with Gasteiger partial charge in [-0.1, -0.05) is 36.4 Å². The summed E-state index contributed by atoms with van der Waals surface area (Å²) in [7, 11) is 2.18. The number of hydrogen-bond acceptors (Lipinski definition) is 5. The maximum absolute atomic E-state index is 10.5. The Hall–Kier alpha value is -1.92. The van der Waals surface area contributed by atoms with E-state index in [9.17, 15) is 5.11 Å². The van der Waals surface area contributed by atoms with Crippen molar-refractivity contribution in [3.63, 3.8) is 0 Å². The molecule has 2 heterocycles. The molecule has 1 saturated heterocycles. The molecule has 5 heteroatoms. The van der Waals surface area contributed by atoms with Crippen molar-refractivity contribution in [3.8, 4) is 5.75 Å². The molecule has 0 amide bonds. The Morgan fingerprint density at radius 3 is 2.77 bits per heavy atom. The van der Waals surface area contributed by atoms with Crippen LogP contribution in [-0.2, 0) is 24.2 Å². The topological polar surface area (TPSA) is 45.2 Å². The Bertz CT molecular complexity index is 806. The summed E-state index contributed by atoms with van der Waals surface area (Å²) in [6, 6.07) is 17.4. The third-order valence-corrected chi connectivity index (χ3v) is 6.27. The minimum Gasteiger partial charge on any atom is -0.491 e. The molecule has 1 fully saturated rings. The van der Waals surface area contributed by atoms with Crippen LogP contribution in [0.5, 0.6) is 5.75 Å². The summed E-state index contributed by atoms with van der Waals surface area (Å²) >= 11 is 0. The molecule has 5 nitrogen and oxygen atoms in total. The van der Waals surface area contributed by atoms with E-state index in [-0.39, 0.29) is 0 Å². The van der Waals surface area contributed by atoms with Crippen molar-refractivity contribution in [3.05, 3.63) is 65.2 Å². The van der Waals surface area contributed by atoms with Crippen molar-refractivity contribution in [2.45, 2.75) is 44.5 Å². The standard InChI is InChI=1S/C25H34N2O3/c1-26(23-10-13-29-14-11-23)16-20-5-4-8-25(15-20)30-19-24(28)18-27-12-9-21-6-2-3-7-22(21)17-27/h2-8,15,23-24,28H,9-14,16-19H2,1H3/t24-/m0/s1. The van der Waals surface area contributed by atoms with Gasteiger partial charge in [0.1, 0.15) is 18.5 Å². The van der Waals surface area contributed by atoms with Crippen LogP contribution in [-0.4, -0.2) is 67.0 Å². The second kappa shape index (κ2) is 10.4. The lowest BCUT2D eigenvalue weighted by molar-refractivity contribution is 0.0406. The van der Waals surface area contributed by atoms with Crippen LogP contribution in [0.2, 0.25) is 0 Å². The number of fused-ring (bicyclic) bond motifs is 1. The molecular weight excluding hydrogens is 376 g/mol. The minimum atomic E-state index is -0.496. The van der Waals surface area contributed by atoms with E-state index < -0.39 is 6.10 Å². The number of benzene rings is 2. The zero-order valence-electron chi connectivity index (χ0n) is 18.0. The van der Waals surface area contributed by atoms with Crippen molar-refractivity contribution >= 4 is 0 Å². The van der Waals surface area contributed by atoms with Gasteiger partial charge in [0.25, 0.3) is 0 Å². The summed E-state index contributed by atoms with van der Waals surface area (Å²) in [4.78, 5) is 4.72. The summed E-state index contributed by atoms with van der Waals surface area (Å²) in [6.07, 6.45) is 2.75. The van der Waals surface area contributed by atoms with Gasteiger partial charge in [-0.05, 0) is 55.1 Å². The molecule has 2 aromatic carbocycles. The quantitative estimate of drug-likeness (QED) is 0.725. The number of ether oxygens (including phenoxy) is 2. The predicted octanol–water partition coefficient (Wildman–Crippen LogP) is 3.10. The van der Waals surface area contributed by atoms with Crippen LogP contribution >= 0.6 is 0 Å². The fraction of sp³-hybridized carbons (Fsp3) is 0.520. The molecule has 0 radical (unpaired) electrons. The lowest BCUT2D eigenvalue weighted by atomic mass is 10.00. The van der Waals surface area contributed by atoms with E-state index in [2.05, 4.69) is 53.2 Å². The van der Waals surface area contributed by atoms with Crippen LogP contribution in [0.25, 0.3) is 0 Å². The molecule has 0 saturated carbocycles. The maximum atomic E-state index is 10.5. The van der Waals surface area contributed by atoms with Crippen LogP contribution < -0.4 is 4.74 Å². The summed E-state index contributed by atoms with van der Waals surface area (Å²) in [6.45, 7) is 5.47. The van der Waals surface area contributed by atoms with Crippen molar-refractivity contribution < 1.29 is 14.6 Å². The molecule has 2 aliphatic rings. The second-order valence-corrected chi connectivity index (χ2v) is 8.62. The van der Waals surface area contributed by atoms with E-state index in [1.807, 2.05) is 12.1 Å². The van der Waals surface area contributed by atoms with Gasteiger partial charge in [-0.25, -0.2) is 0 Å². The predicted molar refractivity (Wildman–Crippen MR) is 119 cm³/mol. The molecular formula is C25H34N2O3. The monoisotopic (exact) mass is 410 g/mol. The molecule has 4 rings (SSSR count). The van der Waals surface area contributed by atoms with Gasteiger partial charge in [-0.3, -0.25) is 9.80 Å². The fourth-order valence-corrected chi connectivity index (χ4v) is 4.53. The lowest BCUT2D eigenvalue weighted by Gasteiger charge is -2.31. The van der Waals surface area contributed by atoms with Crippen molar-refractivity contribution in [2.24, 2.45) is 0 Å². The molecule has 162 valence electrons. The lowest BCUT2D eigenvalue weighted by Crippen LogP contribution is -2.38. The molecule has 0 spiro atoms. The van der Waals surface area contributed by atoms with Gasteiger partial charge in [0.2, 0.25) is 0 Å². The molecule has 0 aliphatic carbocycles. The summed E-state index contributed by atoms with van der Waals surface area (Å²) in [5.41, 5.74) is 4.05. The van der Waals surface area contributed by atoms with E-state index in [0.717, 1.165) is 57.9 Å². The number of rotatable bonds is 8. The molecule has 0 bridgehead atoms. The van der Waals surface area contributed by atoms with Crippen molar-refractivity contribution in [1.82, 2.24) is 9.80 Å². The average Bonchev–Trinajstić information content (AvgIpc) is 2.78. The third-order valence-electron chi connectivity index (χ3n) is 6.27. The highest BCUT2D eigenvalue weighted by atomic mass is 16.5. The first-order valence-electron chi connectivity index (χ1n) is 11.1. The number of nitrogens with zero attached hydrogens (tertiary/aromatic N) is 2. The normalized spacial score (nSPS) is 18.9. The first-order valence-corrected chi connectivity index (χ1v) is 11.1. The third kappa shape index (κ3) is 5.82. The zero-order valence-corrected chi connectivity index (χ0v) is 18.0. The van der Waals surface area contributed by atoms with Crippen LogP contribution in [0.4, 0.5) is 0 Å². The van der Waals surface area contributed by atoms with Gasteiger partial charge in [0.15, 0.2) is 0 Å². The van der Waals surface area contributed by atoms with Crippen molar-refractivity contribution in [1.29, 1.82) is 0 Å². The molecule has 2 aliphatic heterocycles. The number of aliphatic hydroxyl groups excluding tert-OH is 1. The molecule has 30 heavy (non-hydrogen) atoms. The molecule has 2 aromatic rings. The highest BCUT2D eigenvalue weighted by Gasteiger charge is 2.20. The van der Waals surface area contributed by atoms with Gasteiger partial charge >= 0.3 is 0 Å². The van der Waals surface area contributed by atoms with Gasteiger partial charge < -0.3 is 14.6 Å². The Morgan fingerprint density at radius 2 is 1.93 bits per heavy atom. The second-order valence-electron chi connectivity index (χ2n) is 8.62. The van der Waals surface area contributed by atoms with E-state index >= 15 is 0 Å². The maximum Gasteiger partial charge on any atom is 0.119 e. The van der Waals surface area contributed by atoms with E-state index in [1.165, 1.54) is 16.7 Å². The van der Waals surface area contributed by atoms with Gasteiger partial charge in [0.05, 0.1) is 0 Å². The Kier molecular flexibility index (Phi) is 7.39. The van der Waals surface area contributed by atoms with Crippen LogP contribution in [0.1, 0.15) is 29.5 Å². The highest BCUT2D eigenvalue weighted by molar-refractivity contribution is 5.29. The number of hydrogen-bond donors (Lipinski definition) is 1. The molecule has 1 N–H and O–H groups in total. The smallest absolute Gasteiger partial charge is 0.119 e. The molecule has 1 atom stereocenters. The first kappa shape index (κ1) is 21.3. The van der Waals surface area contributed by atoms with Crippen LogP contribution in [0, 0.1) is 0 Å². The first-order chi connectivity index (χ1) is 14.7. The Morgan fingerprint density at radius 1 is 1.13 bits per heavy atom. The Balaban J connectivity index is 1.24. The summed E-state index contributed by atoms with van der Waals surface area (Å²) < 4.78 is 11.4. The number of aliphatic hydroxyl groups is 1. The molecule has 0 aromatic heterocycles. The van der Waals surface area contributed by atoms with Gasteiger partial charge in [-0.2, -0.15) is 0 Å². The molecule has 0 unspecified atom stereocenters. The SMILES string of the molecule is CN(Cc1cccc(OC[C@@H](O)CN2CCc3ccccc3C2)c1)C1CCOCC1. The largest absolute Gasteiger partial charge is 0.491 e. The number of β-amino-alcohol motifs (C(OH)–C–C–N with tert-alkyl or cyclic N) is 1. The van der Waals surface area contributed by atoms with Gasteiger partial charge in [0, 0.05) is 45.4 Å². The van der Waals surface area contributed by atoms with Crippen LogP contribution in [0.3, 0.4) is 0 Å². The van der Waals surface area contributed by atoms with E-state index in [1.54, 1.807) is 0 Å². The van der Waals surface area contributed by atoms with E-state index in [0.29, 0.717) is 19.2 Å². The Labute approximate surface area is 180 Å².